The molecule has 1 N–H and O–H groups in total. The van der Waals surface area contributed by atoms with E-state index in [-0.39, 0.29) is 52.7 Å². The zero-order chi connectivity index (χ0) is 21.0. The summed E-state index contributed by atoms with van der Waals surface area (Å²) in [6.07, 6.45) is 7.00. The molecule has 0 bridgehead atoms. The van der Waals surface area contributed by atoms with E-state index in [1.165, 1.54) is 7.11 Å². The van der Waals surface area contributed by atoms with Gasteiger partial charge in [-0.3, -0.25) is 9.59 Å². The Bertz CT molecular complexity index is 668. The van der Waals surface area contributed by atoms with Gasteiger partial charge >= 0.3 is 11.9 Å². The average Bonchev–Trinajstić information content (AvgIpc) is 3.04. The third-order valence-electron chi connectivity index (χ3n) is 9.42. The van der Waals surface area contributed by atoms with Crippen LogP contribution in [0.1, 0.15) is 65.2 Å². The number of alkyl halides is 1. The lowest BCUT2D eigenvalue weighted by Crippen LogP contribution is -2.60. The highest BCUT2D eigenvalue weighted by Crippen LogP contribution is 2.68. The molecule has 4 aliphatic rings. The van der Waals surface area contributed by atoms with Crippen LogP contribution in [0.2, 0.25) is 0 Å². The number of esters is 2. The molecule has 164 valence electrons. The summed E-state index contributed by atoms with van der Waals surface area (Å²) in [4.78, 5) is 24.8. The maximum absolute atomic E-state index is 12.6. The molecular weight excluding hydrogens is 392 g/mol. The van der Waals surface area contributed by atoms with Gasteiger partial charge in [0, 0.05) is 5.92 Å². The van der Waals surface area contributed by atoms with Gasteiger partial charge in [0.25, 0.3) is 0 Å². The predicted octanol–water partition coefficient (Wildman–Crippen LogP) is 3.94. The van der Waals surface area contributed by atoms with Crippen LogP contribution in [0.3, 0.4) is 0 Å². The number of carbonyl (C=O) groups is 2. The quantitative estimate of drug-likeness (QED) is 0.546. The van der Waals surface area contributed by atoms with Gasteiger partial charge in [-0.25, -0.2) is 0 Å². The van der Waals surface area contributed by atoms with Crippen molar-refractivity contribution in [2.45, 2.75) is 77.4 Å². The lowest BCUT2D eigenvalue weighted by Gasteiger charge is -2.62. The Morgan fingerprint density at radius 2 is 1.86 bits per heavy atom. The number of hydrogen-bond acceptors (Lipinski definition) is 5. The standard InChI is InChI=1S/C23H35ClO5/c1-22-9-8-14(25)10-13(22)4-5-15-16-6-7-17(21(27)28-3)23(16,2)11-18(20(15)22)29-19(26)12-24/h13-18,20,25H,4-12H2,1-3H3/t13-,14+,15-,16-,17+,18-,20+,22-,23-/m0/s1. The number of fused-ring (bicyclic) bond motifs is 5. The first-order chi connectivity index (χ1) is 13.7. The molecule has 4 saturated carbocycles. The molecule has 0 aromatic heterocycles. The van der Waals surface area contributed by atoms with E-state index in [1.807, 2.05) is 0 Å². The summed E-state index contributed by atoms with van der Waals surface area (Å²) in [6, 6.07) is 0. The Labute approximate surface area is 178 Å². The highest BCUT2D eigenvalue weighted by molar-refractivity contribution is 6.26. The number of aliphatic hydroxyl groups is 1. The van der Waals surface area contributed by atoms with E-state index in [9.17, 15) is 14.7 Å². The predicted molar refractivity (Wildman–Crippen MR) is 109 cm³/mol. The van der Waals surface area contributed by atoms with Gasteiger partial charge in [-0.15, -0.1) is 11.6 Å². The summed E-state index contributed by atoms with van der Waals surface area (Å²) in [5.74, 6) is 0.855. The van der Waals surface area contributed by atoms with Gasteiger partial charge in [0.1, 0.15) is 12.0 Å². The summed E-state index contributed by atoms with van der Waals surface area (Å²) >= 11 is 5.80. The number of methoxy groups -OCH3 is 1. The van der Waals surface area contributed by atoms with Crippen molar-refractivity contribution in [3.8, 4) is 0 Å². The summed E-state index contributed by atoms with van der Waals surface area (Å²) in [5, 5.41) is 10.3. The smallest absolute Gasteiger partial charge is 0.321 e. The topological polar surface area (TPSA) is 72.8 Å². The van der Waals surface area contributed by atoms with Gasteiger partial charge in [-0.05, 0) is 80.0 Å². The van der Waals surface area contributed by atoms with Gasteiger partial charge < -0.3 is 14.6 Å². The Morgan fingerprint density at radius 3 is 2.55 bits per heavy atom. The normalized spacial score (nSPS) is 48.8. The first-order valence-electron chi connectivity index (χ1n) is 11.3. The molecule has 4 rings (SSSR count). The fourth-order valence-electron chi connectivity index (χ4n) is 8.16. The van der Waals surface area contributed by atoms with Crippen molar-refractivity contribution in [1.82, 2.24) is 0 Å². The highest BCUT2D eigenvalue weighted by atomic mass is 35.5. The maximum atomic E-state index is 12.6. The number of rotatable bonds is 3. The Morgan fingerprint density at radius 1 is 1.10 bits per heavy atom. The van der Waals surface area contributed by atoms with Crippen molar-refractivity contribution in [1.29, 1.82) is 0 Å². The second-order valence-corrected chi connectivity index (χ2v) is 10.8. The van der Waals surface area contributed by atoms with Gasteiger partial charge in [-0.2, -0.15) is 0 Å². The number of halogens is 1. The largest absolute Gasteiger partial charge is 0.469 e. The van der Waals surface area contributed by atoms with Crippen LogP contribution in [0.25, 0.3) is 0 Å². The van der Waals surface area contributed by atoms with Crippen molar-refractivity contribution in [3.05, 3.63) is 0 Å². The van der Waals surface area contributed by atoms with Crippen molar-refractivity contribution < 1.29 is 24.2 Å². The molecule has 4 fully saturated rings. The molecule has 0 spiro atoms. The summed E-state index contributed by atoms with van der Waals surface area (Å²) < 4.78 is 11.1. The molecule has 0 unspecified atom stereocenters. The molecule has 0 radical (unpaired) electrons. The zero-order valence-electron chi connectivity index (χ0n) is 17.9. The van der Waals surface area contributed by atoms with Gasteiger partial charge in [-0.1, -0.05) is 13.8 Å². The van der Waals surface area contributed by atoms with E-state index in [2.05, 4.69) is 13.8 Å². The molecule has 0 amide bonds. The second-order valence-electron chi connectivity index (χ2n) is 10.5. The fraction of sp³-hybridized carbons (Fsp3) is 0.913. The van der Waals surface area contributed by atoms with E-state index >= 15 is 0 Å². The van der Waals surface area contributed by atoms with E-state index in [4.69, 9.17) is 21.1 Å². The van der Waals surface area contributed by atoms with E-state index in [0.717, 1.165) is 44.9 Å². The molecule has 4 aliphatic carbocycles. The first-order valence-corrected chi connectivity index (χ1v) is 11.8. The molecular formula is C23H35ClO5. The number of hydrogen-bond donors (Lipinski definition) is 1. The Hall–Kier alpha value is -0.810. The van der Waals surface area contributed by atoms with Crippen LogP contribution in [0.15, 0.2) is 0 Å². The highest BCUT2D eigenvalue weighted by Gasteiger charge is 2.65. The van der Waals surface area contributed by atoms with E-state index in [1.54, 1.807) is 0 Å². The summed E-state index contributed by atoms with van der Waals surface area (Å²) in [6.45, 7) is 4.57. The fourth-order valence-corrected chi connectivity index (χ4v) is 8.23. The van der Waals surface area contributed by atoms with Crippen LogP contribution in [0.5, 0.6) is 0 Å². The first kappa shape index (κ1) is 21.4. The monoisotopic (exact) mass is 426 g/mol. The van der Waals surface area contributed by atoms with Crippen LogP contribution in [-0.2, 0) is 19.1 Å². The Balaban J connectivity index is 1.71. The van der Waals surface area contributed by atoms with Gasteiger partial charge in [0.2, 0.25) is 0 Å². The molecule has 0 aromatic carbocycles. The van der Waals surface area contributed by atoms with Gasteiger partial charge in [0.15, 0.2) is 0 Å². The van der Waals surface area contributed by atoms with Crippen molar-refractivity contribution in [2.24, 2.45) is 40.4 Å². The van der Waals surface area contributed by atoms with Crippen molar-refractivity contribution in [2.75, 3.05) is 13.0 Å². The number of carbonyl (C=O) groups excluding carboxylic acids is 2. The molecule has 0 saturated heterocycles. The SMILES string of the molecule is COC(=O)[C@H]1CC[C@H]2[C@@H]3CC[C@H]4C[C@H](O)CC[C@]4(C)[C@H]3[C@@H](OC(=O)CCl)C[C@]12C. The number of aliphatic hydroxyl groups excluding tert-OH is 1. The Kier molecular flexibility index (Phi) is 5.69. The minimum atomic E-state index is -0.369. The molecule has 0 aliphatic heterocycles. The molecule has 9 atom stereocenters. The second kappa shape index (κ2) is 7.71. The maximum Gasteiger partial charge on any atom is 0.321 e. The lowest BCUT2D eigenvalue weighted by molar-refractivity contribution is -0.199. The van der Waals surface area contributed by atoms with Crippen LogP contribution in [-0.4, -0.2) is 42.2 Å². The lowest BCUT2D eigenvalue weighted by atomic mass is 9.44. The van der Waals surface area contributed by atoms with Crippen LogP contribution >= 0.6 is 11.6 Å². The summed E-state index contributed by atoms with van der Waals surface area (Å²) in [5.41, 5.74) is -0.146. The van der Waals surface area contributed by atoms with E-state index < -0.39 is 0 Å². The van der Waals surface area contributed by atoms with Crippen LogP contribution < -0.4 is 0 Å². The van der Waals surface area contributed by atoms with Crippen molar-refractivity contribution >= 4 is 23.5 Å². The van der Waals surface area contributed by atoms with Crippen LogP contribution in [0.4, 0.5) is 0 Å². The molecule has 5 nitrogen and oxygen atoms in total. The minimum Gasteiger partial charge on any atom is -0.469 e. The molecule has 6 heteroatoms. The van der Waals surface area contributed by atoms with Crippen molar-refractivity contribution in [3.63, 3.8) is 0 Å². The molecule has 29 heavy (non-hydrogen) atoms. The zero-order valence-corrected chi connectivity index (χ0v) is 18.6. The molecule has 0 heterocycles. The third kappa shape index (κ3) is 3.31. The van der Waals surface area contributed by atoms with E-state index in [0.29, 0.717) is 24.2 Å². The van der Waals surface area contributed by atoms with Crippen LogP contribution in [0, 0.1) is 40.4 Å². The van der Waals surface area contributed by atoms with Gasteiger partial charge in [0.05, 0.1) is 19.1 Å². The average molecular weight is 427 g/mol. The third-order valence-corrected chi connectivity index (χ3v) is 9.64. The minimum absolute atomic E-state index is 0.0596. The molecule has 0 aromatic rings. The number of ether oxygens (including phenoxy) is 2. The summed E-state index contributed by atoms with van der Waals surface area (Å²) in [7, 11) is 1.47.